The van der Waals surface area contributed by atoms with Crippen molar-refractivity contribution in [2.24, 2.45) is 0 Å². The minimum absolute atomic E-state index is 0.160. The zero-order chi connectivity index (χ0) is 18.1. The Morgan fingerprint density at radius 3 is 3.09 bits per heavy atom. The molecular weight excluding hydrogens is 295 g/mol. The van der Waals surface area contributed by atoms with E-state index >= 15 is 0 Å². The van der Waals surface area contributed by atoms with Gasteiger partial charge < -0.3 is 19.3 Å². The standard InChI is InChI=1S/C18H21NO4/c1-21-15-9-18-4-2-5-19(18)6-3-11-7-13-14(23-10-22-13)8-12(11)16(18)17(15)20/h7-9,16-17,20H,2-6,10H2,1H3/t16-,17-,18+/m1/s1/i1+1D3. The maximum Gasteiger partial charge on any atom is 0.231 e. The van der Waals surface area contributed by atoms with Crippen molar-refractivity contribution in [3.63, 3.8) is 0 Å². The Morgan fingerprint density at radius 2 is 2.22 bits per heavy atom. The number of fused-ring (bicyclic) bond motifs is 3. The van der Waals surface area contributed by atoms with E-state index < -0.39 is 18.7 Å². The molecule has 3 atom stereocenters. The molecule has 3 aliphatic heterocycles. The highest BCUT2D eigenvalue weighted by molar-refractivity contribution is 5.54. The maximum atomic E-state index is 11.1. The highest BCUT2D eigenvalue weighted by Crippen LogP contribution is 2.54. The first kappa shape index (κ1) is 10.9. The molecule has 1 spiro atoms. The van der Waals surface area contributed by atoms with Gasteiger partial charge in [-0.2, -0.15) is 0 Å². The average Bonchev–Trinajstić information content (AvgIpc) is 3.21. The molecule has 1 aliphatic carbocycles. The number of hydrogen-bond donors (Lipinski definition) is 1. The molecule has 1 fully saturated rings. The maximum absolute atomic E-state index is 11.1. The zero-order valence-electron chi connectivity index (χ0n) is 15.7. The SMILES string of the molecule is [2H][13C]([2H])([2H])OC1=C[C@]23CCCN2CCc2cc4c(cc2[C@@H]3[C@@H]1O)OCO4. The van der Waals surface area contributed by atoms with Crippen molar-refractivity contribution < 1.29 is 23.4 Å². The number of hydrogen-bond acceptors (Lipinski definition) is 5. The zero-order valence-corrected chi connectivity index (χ0v) is 12.7. The van der Waals surface area contributed by atoms with Gasteiger partial charge in [0, 0.05) is 12.5 Å². The first-order valence-corrected chi connectivity index (χ1v) is 8.15. The van der Waals surface area contributed by atoms with Crippen molar-refractivity contribution in [1.82, 2.24) is 4.90 Å². The molecule has 1 saturated heterocycles. The summed E-state index contributed by atoms with van der Waals surface area (Å²) in [7, 11) is -2.58. The van der Waals surface area contributed by atoms with Crippen LogP contribution in [0.2, 0.25) is 0 Å². The lowest BCUT2D eigenvalue weighted by atomic mass is 9.78. The number of methoxy groups -OCH3 is 1. The lowest BCUT2D eigenvalue weighted by Gasteiger charge is -2.38. The van der Waals surface area contributed by atoms with E-state index in [0.29, 0.717) is 5.75 Å². The van der Waals surface area contributed by atoms with Crippen LogP contribution in [-0.4, -0.2) is 48.6 Å². The topological polar surface area (TPSA) is 51.2 Å². The summed E-state index contributed by atoms with van der Waals surface area (Å²) in [6.07, 6.45) is 3.62. The molecule has 5 rings (SSSR count). The van der Waals surface area contributed by atoms with E-state index in [4.69, 9.17) is 18.3 Å². The third kappa shape index (κ3) is 1.69. The lowest BCUT2D eigenvalue weighted by molar-refractivity contribution is 0.0782. The van der Waals surface area contributed by atoms with Crippen LogP contribution >= 0.6 is 0 Å². The van der Waals surface area contributed by atoms with Gasteiger partial charge >= 0.3 is 0 Å². The Bertz CT molecular complexity index is 793. The Hall–Kier alpha value is -1.72. The largest absolute Gasteiger partial charge is 0.499 e. The molecule has 23 heavy (non-hydrogen) atoms. The van der Waals surface area contributed by atoms with E-state index in [-0.39, 0.29) is 18.5 Å². The van der Waals surface area contributed by atoms with Gasteiger partial charge in [0.25, 0.3) is 0 Å². The van der Waals surface area contributed by atoms with Gasteiger partial charge in [-0.3, -0.25) is 4.90 Å². The van der Waals surface area contributed by atoms with Gasteiger partial charge in [0.15, 0.2) is 11.5 Å². The normalized spacial score (nSPS) is 36.9. The molecule has 122 valence electrons. The third-order valence-electron chi connectivity index (χ3n) is 5.87. The third-order valence-corrected chi connectivity index (χ3v) is 5.87. The van der Waals surface area contributed by atoms with E-state index in [1.165, 1.54) is 0 Å². The van der Waals surface area contributed by atoms with Crippen LogP contribution in [0.3, 0.4) is 0 Å². The first-order chi connectivity index (χ1) is 12.4. The fourth-order valence-corrected chi connectivity index (χ4v) is 4.90. The number of aliphatic hydroxyl groups excluding tert-OH is 1. The van der Waals surface area contributed by atoms with E-state index in [0.717, 1.165) is 49.2 Å². The van der Waals surface area contributed by atoms with Crippen LogP contribution in [0.1, 0.15) is 34.0 Å². The molecule has 1 N–H and O–H groups in total. The Balaban J connectivity index is 1.64. The second-order valence-corrected chi connectivity index (χ2v) is 6.81. The highest BCUT2D eigenvalue weighted by Gasteiger charge is 2.56. The summed E-state index contributed by atoms with van der Waals surface area (Å²) in [6, 6.07) is 3.96. The fourth-order valence-electron chi connectivity index (χ4n) is 4.90. The van der Waals surface area contributed by atoms with E-state index in [1.807, 2.05) is 18.2 Å². The molecule has 1 aromatic rings. The Morgan fingerprint density at radius 1 is 1.35 bits per heavy atom. The Kier molecular flexibility index (Phi) is 2.21. The van der Waals surface area contributed by atoms with Crippen molar-refractivity contribution in [2.45, 2.75) is 36.8 Å². The molecule has 3 heterocycles. The molecule has 5 nitrogen and oxygen atoms in total. The van der Waals surface area contributed by atoms with Crippen LogP contribution < -0.4 is 9.47 Å². The molecule has 5 heteroatoms. The minimum Gasteiger partial charge on any atom is -0.499 e. The summed E-state index contributed by atoms with van der Waals surface area (Å²) < 4.78 is 38.5. The summed E-state index contributed by atoms with van der Waals surface area (Å²) >= 11 is 0. The van der Waals surface area contributed by atoms with Gasteiger partial charge in [0.1, 0.15) is 11.9 Å². The van der Waals surface area contributed by atoms with E-state index in [1.54, 1.807) is 0 Å². The van der Waals surface area contributed by atoms with Crippen LogP contribution in [0.5, 0.6) is 11.5 Å². The highest BCUT2D eigenvalue weighted by atomic mass is 16.7. The number of nitrogens with zero attached hydrogens (tertiary/aromatic N) is 1. The van der Waals surface area contributed by atoms with Crippen LogP contribution in [0.25, 0.3) is 0 Å². The molecule has 0 radical (unpaired) electrons. The molecule has 0 amide bonds. The number of aliphatic hydroxyl groups is 1. The first-order valence-electron chi connectivity index (χ1n) is 9.65. The van der Waals surface area contributed by atoms with Crippen LogP contribution in [0.15, 0.2) is 24.0 Å². The van der Waals surface area contributed by atoms with Gasteiger partial charge in [0.05, 0.1) is 16.7 Å². The summed E-state index contributed by atoms with van der Waals surface area (Å²) in [5, 5.41) is 11.1. The fraction of sp³-hybridized carbons (Fsp3) is 0.556. The molecule has 0 saturated carbocycles. The monoisotopic (exact) mass is 319 g/mol. The number of benzene rings is 1. The number of rotatable bonds is 1. The van der Waals surface area contributed by atoms with Crippen molar-refractivity contribution >= 4 is 0 Å². The van der Waals surface area contributed by atoms with Crippen LogP contribution in [0.4, 0.5) is 0 Å². The second kappa shape index (κ2) is 4.65. The van der Waals surface area contributed by atoms with Gasteiger partial charge in [0.2, 0.25) is 6.79 Å². The minimum atomic E-state index is -2.58. The molecule has 0 aromatic heterocycles. The summed E-state index contributed by atoms with van der Waals surface area (Å²) in [5.41, 5.74) is 1.72. The molecule has 1 aromatic carbocycles. The van der Waals surface area contributed by atoms with E-state index in [2.05, 4.69) is 4.90 Å². The van der Waals surface area contributed by atoms with Gasteiger partial charge in [-0.15, -0.1) is 0 Å². The van der Waals surface area contributed by atoms with Crippen molar-refractivity contribution in [1.29, 1.82) is 0 Å². The van der Waals surface area contributed by atoms with Crippen molar-refractivity contribution in [3.8, 4) is 11.5 Å². The number of ether oxygens (including phenoxy) is 3. The molecule has 0 unspecified atom stereocenters. The summed E-state index contributed by atoms with van der Waals surface area (Å²) in [4.78, 5) is 2.36. The lowest BCUT2D eigenvalue weighted by Crippen LogP contribution is -2.46. The smallest absolute Gasteiger partial charge is 0.231 e. The average molecular weight is 319 g/mol. The quantitative estimate of drug-likeness (QED) is 0.800. The van der Waals surface area contributed by atoms with E-state index in [9.17, 15) is 5.11 Å². The van der Waals surface area contributed by atoms with Gasteiger partial charge in [-0.05, 0) is 55.1 Å². The van der Waals surface area contributed by atoms with Crippen molar-refractivity contribution in [3.05, 3.63) is 35.1 Å². The predicted molar refractivity (Wildman–Crippen MR) is 83.6 cm³/mol. The van der Waals surface area contributed by atoms with Crippen LogP contribution in [-0.2, 0) is 11.2 Å². The molecule has 4 aliphatic rings. The second-order valence-electron chi connectivity index (χ2n) is 6.81. The summed E-state index contributed by atoms with van der Waals surface area (Å²) in [6.45, 7) is 1.99. The predicted octanol–water partition coefficient (Wildman–Crippen LogP) is 1.79. The van der Waals surface area contributed by atoms with Crippen LogP contribution in [0, 0.1) is 0 Å². The van der Waals surface area contributed by atoms with Crippen molar-refractivity contribution in [2.75, 3.05) is 26.9 Å². The molecule has 0 bridgehead atoms. The van der Waals surface area contributed by atoms with Gasteiger partial charge in [-0.1, -0.05) is 0 Å². The van der Waals surface area contributed by atoms with Gasteiger partial charge in [-0.25, -0.2) is 0 Å². The summed E-state index contributed by atoms with van der Waals surface area (Å²) in [5.74, 6) is 1.31. The Labute approximate surface area is 139 Å². The molecular formula is C18H21NO4.